The van der Waals surface area contributed by atoms with E-state index >= 15 is 0 Å². The fourth-order valence-electron chi connectivity index (χ4n) is 8.96. The molecule has 4 saturated carbocycles. The van der Waals surface area contributed by atoms with Crippen LogP contribution in [0.4, 0.5) is 4.79 Å². The first-order chi connectivity index (χ1) is 21.3. The molecule has 0 radical (unpaired) electrons. The van der Waals surface area contributed by atoms with Crippen molar-refractivity contribution in [2.75, 3.05) is 0 Å². The monoisotopic (exact) mass is 612 g/mol. The molecule has 0 N–H and O–H groups in total. The molecule has 7 rings (SSSR count). The summed E-state index contributed by atoms with van der Waals surface area (Å²) < 4.78 is 46.7. The van der Waals surface area contributed by atoms with Crippen LogP contribution in [0, 0.1) is 17.8 Å². The molecule has 2 saturated heterocycles. The van der Waals surface area contributed by atoms with Gasteiger partial charge in [-0.1, -0.05) is 70.4 Å². The molecule has 244 valence electrons. The number of benzene rings is 1. The van der Waals surface area contributed by atoms with Crippen LogP contribution in [-0.2, 0) is 39.8 Å². The van der Waals surface area contributed by atoms with Crippen molar-refractivity contribution in [1.29, 1.82) is 0 Å². The summed E-state index contributed by atoms with van der Waals surface area (Å²) in [5.74, 6) is -0.0863. The topological polar surface area (TPSA) is 81.7 Å². The molecule has 2 heterocycles. The largest absolute Gasteiger partial charge is 0.509 e. The molecular formula is C36H52O8. The van der Waals surface area contributed by atoms with Gasteiger partial charge in [-0.05, 0) is 61.8 Å². The van der Waals surface area contributed by atoms with Gasteiger partial charge in [-0.15, -0.1) is 0 Å². The third-order valence-corrected chi connectivity index (χ3v) is 11.3. The first kappa shape index (κ1) is 30.9. The molecule has 0 aromatic heterocycles. The maximum absolute atomic E-state index is 13.7. The molecule has 2 aliphatic heterocycles. The van der Waals surface area contributed by atoms with E-state index in [1.54, 1.807) is 0 Å². The molecule has 9 atom stereocenters. The Morgan fingerprint density at radius 2 is 1.34 bits per heavy atom. The average Bonchev–Trinajstić information content (AvgIpc) is 3.56. The highest BCUT2D eigenvalue weighted by Crippen LogP contribution is 2.52. The van der Waals surface area contributed by atoms with Gasteiger partial charge in [0.25, 0.3) is 0 Å². The summed E-state index contributed by atoms with van der Waals surface area (Å²) in [5, 5.41) is 0. The number of hydrogen-bond donors (Lipinski definition) is 0. The zero-order valence-corrected chi connectivity index (χ0v) is 26.8. The van der Waals surface area contributed by atoms with Gasteiger partial charge in [0.15, 0.2) is 17.7 Å². The molecule has 0 amide bonds. The highest BCUT2D eigenvalue weighted by atomic mass is 16.8. The summed E-state index contributed by atoms with van der Waals surface area (Å²) in [5.41, 5.74) is 1.04. The van der Waals surface area contributed by atoms with Crippen LogP contribution in [0.1, 0.15) is 110 Å². The van der Waals surface area contributed by atoms with Crippen molar-refractivity contribution >= 4 is 6.16 Å². The quantitative estimate of drug-likeness (QED) is 0.306. The van der Waals surface area contributed by atoms with E-state index < -0.39 is 48.2 Å². The van der Waals surface area contributed by atoms with E-state index in [2.05, 4.69) is 20.8 Å². The van der Waals surface area contributed by atoms with Gasteiger partial charge in [0, 0.05) is 25.7 Å². The van der Waals surface area contributed by atoms with Crippen molar-refractivity contribution in [2.24, 2.45) is 17.8 Å². The van der Waals surface area contributed by atoms with Crippen molar-refractivity contribution in [3.05, 3.63) is 35.9 Å². The van der Waals surface area contributed by atoms with E-state index in [1.807, 2.05) is 30.3 Å². The maximum Gasteiger partial charge on any atom is 0.509 e. The van der Waals surface area contributed by atoms with Crippen LogP contribution in [0.15, 0.2) is 30.3 Å². The second-order valence-corrected chi connectivity index (χ2v) is 14.8. The van der Waals surface area contributed by atoms with E-state index in [0.29, 0.717) is 24.4 Å². The van der Waals surface area contributed by atoms with Crippen molar-refractivity contribution in [3.63, 3.8) is 0 Å². The number of hydrogen-bond acceptors (Lipinski definition) is 8. The summed E-state index contributed by atoms with van der Waals surface area (Å²) in [6.45, 7) is 7.03. The molecular weight excluding hydrogens is 560 g/mol. The Balaban J connectivity index is 1.18. The first-order valence-electron chi connectivity index (χ1n) is 17.6. The van der Waals surface area contributed by atoms with E-state index in [9.17, 15) is 4.79 Å². The molecule has 6 fully saturated rings. The van der Waals surface area contributed by atoms with Gasteiger partial charge in [-0.2, -0.15) is 0 Å². The number of ether oxygens (including phenoxy) is 7. The fourth-order valence-corrected chi connectivity index (χ4v) is 8.96. The van der Waals surface area contributed by atoms with Gasteiger partial charge in [-0.25, -0.2) is 4.79 Å². The number of rotatable bonds is 6. The van der Waals surface area contributed by atoms with Crippen LogP contribution < -0.4 is 0 Å². The SMILES string of the molecule is CC(C)[C@H]1CC[C@H](C)C[C@@H]1OC(=O)O[C@H]1[C@H](OCc2ccccc2)[C@H]2OC3(CCCCC3)O[C@@H]2[C@H]2OC3(CCCCC3)O[C@@H]12. The zero-order chi connectivity index (χ0) is 30.3. The smallest absolute Gasteiger partial charge is 0.431 e. The summed E-state index contributed by atoms with van der Waals surface area (Å²) in [4.78, 5) is 13.7. The minimum absolute atomic E-state index is 0.163. The normalized spacial score (nSPS) is 39.2. The molecule has 2 spiro atoms. The molecule has 1 aromatic rings. The standard InChI is InChI=1S/C36H52O8/c1-23(2)26-16-15-24(3)21-27(26)39-34(37)40-29-28(38-22-25-13-7-4-8-14-25)30-32(43-35(41-30)17-9-5-10-18-35)33-31(29)42-36(44-33)19-11-6-12-20-36/h4,7-8,13-14,23-24,26-33H,5-6,9-12,15-22H2,1-3H3/t24-,26+,27-,28-,29-,30+,31-,32-,33-/m0/s1. The Morgan fingerprint density at radius 1 is 0.773 bits per heavy atom. The maximum atomic E-state index is 13.7. The van der Waals surface area contributed by atoms with Gasteiger partial charge in [0.1, 0.15) is 36.6 Å². The second kappa shape index (κ2) is 12.8. The van der Waals surface area contributed by atoms with E-state index in [1.165, 1.54) is 12.8 Å². The van der Waals surface area contributed by atoms with E-state index in [4.69, 9.17) is 33.2 Å². The predicted molar refractivity (Wildman–Crippen MR) is 163 cm³/mol. The van der Waals surface area contributed by atoms with Crippen LogP contribution in [0.3, 0.4) is 0 Å². The Morgan fingerprint density at radius 3 is 1.93 bits per heavy atom. The summed E-state index contributed by atoms with van der Waals surface area (Å²) in [6, 6.07) is 10.1. The molecule has 0 bridgehead atoms. The van der Waals surface area contributed by atoms with Crippen LogP contribution >= 0.6 is 0 Å². The molecule has 6 aliphatic rings. The van der Waals surface area contributed by atoms with Crippen molar-refractivity contribution < 1.29 is 38.0 Å². The zero-order valence-electron chi connectivity index (χ0n) is 26.8. The Kier molecular flexibility index (Phi) is 9.01. The van der Waals surface area contributed by atoms with Crippen LogP contribution in [0.25, 0.3) is 0 Å². The Bertz CT molecular complexity index is 1110. The van der Waals surface area contributed by atoms with Crippen molar-refractivity contribution in [3.8, 4) is 0 Å². The van der Waals surface area contributed by atoms with Gasteiger partial charge >= 0.3 is 6.16 Å². The number of carbonyl (C=O) groups excluding carboxylic acids is 1. The summed E-state index contributed by atoms with van der Waals surface area (Å²) >= 11 is 0. The third-order valence-electron chi connectivity index (χ3n) is 11.3. The Labute approximate surface area is 262 Å². The minimum Gasteiger partial charge on any atom is -0.431 e. The number of fused-ring (bicyclic) bond motifs is 3. The predicted octanol–water partition coefficient (Wildman–Crippen LogP) is 7.46. The molecule has 1 aromatic carbocycles. The lowest BCUT2D eigenvalue weighted by molar-refractivity contribution is -0.229. The third kappa shape index (κ3) is 6.18. The second-order valence-electron chi connectivity index (χ2n) is 14.8. The summed E-state index contributed by atoms with van der Waals surface area (Å²) in [7, 11) is 0. The van der Waals surface area contributed by atoms with E-state index in [0.717, 1.165) is 76.2 Å². The average molecular weight is 613 g/mol. The lowest BCUT2D eigenvalue weighted by Gasteiger charge is -2.42. The molecule has 0 unspecified atom stereocenters. The van der Waals surface area contributed by atoms with Crippen molar-refractivity contribution in [1.82, 2.24) is 0 Å². The lowest BCUT2D eigenvalue weighted by atomic mass is 9.75. The van der Waals surface area contributed by atoms with Crippen molar-refractivity contribution in [2.45, 2.75) is 165 Å². The van der Waals surface area contributed by atoms with Crippen LogP contribution in [0.5, 0.6) is 0 Å². The first-order valence-corrected chi connectivity index (χ1v) is 17.6. The van der Waals surface area contributed by atoms with Gasteiger partial charge in [0.2, 0.25) is 0 Å². The van der Waals surface area contributed by atoms with Gasteiger partial charge in [0.05, 0.1) is 6.61 Å². The fraction of sp³-hybridized carbons (Fsp3) is 0.806. The summed E-state index contributed by atoms with van der Waals surface area (Å²) in [6.07, 6.45) is 9.09. The lowest BCUT2D eigenvalue weighted by Crippen LogP contribution is -2.63. The Hall–Kier alpha value is -1.71. The van der Waals surface area contributed by atoms with Gasteiger partial charge < -0.3 is 33.2 Å². The minimum atomic E-state index is -0.750. The number of carbonyl (C=O) groups is 1. The molecule has 8 heteroatoms. The molecule has 8 nitrogen and oxygen atoms in total. The highest BCUT2D eigenvalue weighted by Gasteiger charge is 2.67. The van der Waals surface area contributed by atoms with Gasteiger partial charge in [-0.3, -0.25) is 0 Å². The highest BCUT2D eigenvalue weighted by molar-refractivity contribution is 5.60. The van der Waals surface area contributed by atoms with Crippen LogP contribution in [0.2, 0.25) is 0 Å². The molecule has 4 aliphatic carbocycles. The molecule has 44 heavy (non-hydrogen) atoms. The van der Waals surface area contributed by atoms with E-state index in [-0.39, 0.29) is 12.2 Å². The van der Waals surface area contributed by atoms with Crippen LogP contribution in [-0.4, -0.2) is 60.5 Å².